The molecule has 0 saturated carbocycles. The van der Waals surface area contributed by atoms with Crippen LogP contribution in [0.2, 0.25) is 0 Å². The number of alkyl halides is 3. The molecule has 1 aliphatic heterocycles. The van der Waals surface area contributed by atoms with Crippen LogP contribution in [0.4, 0.5) is 18.9 Å². The van der Waals surface area contributed by atoms with Gasteiger partial charge in [-0.15, -0.1) is 13.2 Å². The normalized spacial score (nSPS) is 14.0. The van der Waals surface area contributed by atoms with Gasteiger partial charge in [-0.05, 0) is 43.7 Å². The first-order valence-corrected chi connectivity index (χ1v) is 11.6. The number of hydrogen-bond donors (Lipinski definition) is 1. The summed E-state index contributed by atoms with van der Waals surface area (Å²) in [6, 6.07) is 11.9. The maximum atomic E-state index is 12.3. The quantitative estimate of drug-likeness (QED) is 0.469. The van der Waals surface area contributed by atoms with Gasteiger partial charge >= 0.3 is 6.36 Å². The van der Waals surface area contributed by atoms with E-state index in [1.165, 1.54) is 12.1 Å². The molecule has 0 radical (unpaired) electrons. The lowest BCUT2D eigenvalue weighted by Gasteiger charge is -2.38. The molecule has 2 heterocycles. The molecule has 1 N–H and O–H groups in total. The first kappa shape index (κ1) is 25.2. The minimum atomic E-state index is -4.70. The van der Waals surface area contributed by atoms with Crippen LogP contribution in [0.3, 0.4) is 0 Å². The molecule has 0 unspecified atom stereocenters. The summed E-state index contributed by atoms with van der Waals surface area (Å²) >= 11 is 0. The number of anilines is 1. The van der Waals surface area contributed by atoms with Gasteiger partial charge in [0.05, 0.1) is 12.4 Å². The van der Waals surface area contributed by atoms with Gasteiger partial charge < -0.3 is 24.6 Å². The number of halogens is 3. The average Bonchev–Trinajstić information content (AvgIpc) is 3.29. The van der Waals surface area contributed by atoms with Crippen LogP contribution >= 0.6 is 0 Å². The fourth-order valence-electron chi connectivity index (χ4n) is 3.98. The van der Waals surface area contributed by atoms with Crippen molar-refractivity contribution in [3.05, 3.63) is 72.6 Å². The van der Waals surface area contributed by atoms with Gasteiger partial charge in [-0.3, -0.25) is 0 Å². The van der Waals surface area contributed by atoms with E-state index in [1.807, 2.05) is 26.0 Å². The zero-order chi connectivity index (χ0) is 25.7. The summed E-state index contributed by atoms with van der Waals surface area (Å²) in [7, 11) is 0. The molecule has 1 fully saturated rings. The van der Waals surface area contributed by atoms with Crippen molar-refractivity contribution in [3.8, 4) is 17.2 Å². The average molecular weight is 503 g/mol. The van der Waals surface area contributed by atoms with E-state index in [1.54, 1.807) is 23.1 Å². The van der Waals surface area contributed by atoms with Crippen molar-refractivity contribution in [2.45, 2.75) is 26.8 Å². The Morgan fingerprint density at radius 3 is 2.42 bits per heavy atom. The number of aryl methyl sites for hydroxylation is 1. The molecule has 1 aromatic heterocycles. The largest absolute Gasteiger partial charge is 0.573 e. The SMILES string of the molecule is C=C(NCc1ccc(OC(F)(F)F)cc1)N1CCN(c2ccc(-n3cnc(C)n3)c(OCC)c2)CC1. The molecule has 1 aliphatic rings. The molecule has 8 nitrogen and oxygen atoms in total. The highest BCUT2D eigenvalue weighted by molar-refractivity contribution is 5.59. The number of aromatic nitrogens is 3. The number of hydrogen-bond acceptors (Lipinski definition) is 7. The lowest BCUT2D eigenvalue weighted by Crippen LogP contribution is -2.47. The highest BCUT2D eigenvalue weighted by Gasteiger charge is 2.31. The van der Waals surface area contributed by atoms with Crippen LogP contribution in [0.25, 0.3) is 5.69 Å². The van der Waals surface area contributed by atoms with E-state index >= 15 is 0 Å². The third kappa shape index (κ3) is 6.41. The summed E-state index contributed by atoms with van der Waals surface area (Å²) in [5.74, 6) is 1.98. The summed E-state index contributed by atoms with van der Waals surface area (Å²) in [5.41, 5.74) is 2.74. The molecule has 36 heavy (non-hydrogen) atoms. The molecule has 0 atom stereocenters. The van der Waals surface area contributed by atoms with Crippen molar-refractivity contribution >= 4 is 5.69 Å². The monoisotopic (exact) mass is 502 g/mol. The van der Waals surface area contributed by atoms with Crippen LogP contribution in [0.15, 0.2) is 61.2 Å². The minimum absolute atomic E-state index is 0.238. The van der Waals surface area contributed by atoms with Crippen LogP contribution in [0, 0.1) is 6.92 Å². The van der Waals surface area contributed by atoms with Gasteiger partial charge in [0.2, 0.25) is 0 Å². The topological polar surface area (TPSA) is 67.7 Å². The minimum Gasteiger partial charge on any atom is -0.492 e. The van der Waals surface area contributed by atoms with E-state index in [4.69, 9.17) is 4.74 Å². The van der Waals surface area contributed by atoms with Gasteiger partial charge in [0, 0.05) is 44.5 Å². The van der Waals surface area contributed by atoms with Crippen molar-refractivity contribution < 1.29 is 22.6 Å². The first-order chi connectivity index (χ1) is 17.2. The molecule has 192 valence electrons. The second kappa shape index (κ2) is 10.8. The van der Waals surface area contributed by atoms with Crippen LogP contribution < -0.4 is 19.7 Å². The summed E-state index contributed by atoms with van der Waals surface area (Å²) in [6.45, 7) is 12.1. The summed E-state index contributed by atoms with van der Waals surface area (Å²) in [6.07, 6.45) is -3.02. The molecular weight excluding hydrogens is 473 g/mol. The van der Waals surface area contributed by atoms with Gasteiger partial charge in [0.25, 0.3) is 0 Å². The lowest BCUT2D eigenvalue weighted by molar-refractivity contribution is -0.274. The molecule has 4 rings (SSSR count). The number of rotatable bonds is 9. The molecule has 2 aromatic carbocycles. The number of benzene rings is 2. The van der Waals surface area contributed by atoms with Gasteiger partial charge in [-0.1, -0.05) is 18.7 Å². The van der Waals surface area contributed by atoms with Crippen molar-refractivity contribution in [1.82, 2.24) is 25.0 Å². The van der Waals surface area contributed by atoms with Crippen molar-refractivity contribution in [2.75, 3.05) is 37.7 Å². The maximum Gasteiger partial charge on any atom is 0.573 e. The predicted octanol–water partition coefficient (Wildman–Crippen LogP) is 4.26. The molecule has 0 aliphatic carbocycles. The Kier molecular flexibility index (Phi) is 7.56. The molecule has 0 spiro atoms. The van der Waals surface area contributed by atoms with E-state index in [0.717, 1.165) is 54.7 Å². The Labute approximate surface area is 207 Å². The summed E-state index contributed by atoms with van der Waals surface area (Å²) in [4.78, 5) is 8.66. The zero-order valence-electron chi connectivity index (χ0n) is 20.3. The molecule has 0 amide bonds. The Balaban J connectivity index is 1.31. The summed E-state index contributed by atoms with van der Waals surface area (Å²) in [5, 5.41) is 7.65. The van der Waals surface area contributed by atoms with Crippen molar-refractivity contribution in [1.29, 1.82) is 0 Å². The van der Waals surface area contributed by atoms with Gasteiger partial charge in [-0.25, -0.2) is 9.67 Å². The second-order valence-corrected chi connectivity index (χ2v) is 8.29. The Bertz CT molecular complexity index is 1170. The van der Waals surface area contributed by atoms with E-state index in [-0.39, 0.29) is 5.75 Å². The van der Waals surface area contributed by atoms with Crippen LogP contribution in [-0.2, 0) is 6.54 Å². The van der Waals surface area contributed by atoms with Gasteiger partial charge in [0.1, 0.15) is 29.3 Å². The standard InChI is InChI=1S/C25H29F3N6O2/c1-4-35-24-15-21(7-10-23(24)34-17-30-18(2)31-34)33-13-11-32(12-14-33)19(3)29-16-20-5-8-22(9-6-20)36-25(26,27)28/h5-10,15,17,29H,3-4,11-14,16H2,1-2H3. The second-order valence-electron chi connectivity index (χ2n) is 8.29. The van der Waals surface area contributed by atoms with E-state index in [9.17, 15) is 13.2 Å². The molecule has 3 aromatic rings. The number of piperazine rings is 1. The zero-order valence-corrected chi connectivity index (χ0v) is 20.3. The Hall–Kier alpha value is -3.89. The van der Waals surface area contributed by atoms with E-state index < -0.39 is 6.36 Å². The molecule has 1 saturated heterocycles. The Morgan fingerprint density at radius 1 is 1.08 bits per heavy atom. The summed E-state index contributed by atoms with van der Waals surface area (Å²) < 4.78 is 48.5. The van der Waals surface area contributed by atoms with E-state index in [2.05, 4.69) is 42.6 Å². The predicted molar refractivity (Wildman–Crippen MR) is 130 cm³/mol. The first-order valence-electron chi connectivity index (χ1n) is 11.6. The smallest absolute Gasteiger partial charge is 0.492 e. The van der Waals surface area contributed by atoms with Gasteiger partial charge in [-0.2, -0.15) is 5.10 Å². The third-order valence-electron chi connectivity index (χ3n) is 5.78. The van der Waals surface area contributed by atoms with Crippen molar-refractivity contribution in [2.24, 2.45) is 0 Å². The van der Waals surface area contributed by atoms with E-state index in [0.29, 0.717) is 19.0 Å². The number of nitrogens with one attached hydrogen (secondary N) is 1. The molecule has 11 heteroatoms. The fraction of sp³-hybridized carbons (Fsp3) is 0.360. The Morgan fingerprint density at radius 2 is 1.81 bits per heavy atom. The number of ether oxygens (including phenoxy) is 2. The van der Waals surface area contributed by atoms with Crippen molar-refractivity contribution in [3.63, 3.8) is 0 Å². The highest BCUT2D eigenvalue weighted by atomic mass is 19.4. The fourth-order valence-corrected chi connectivity index (χ4v) is 3.98. The molecular formula is C25H29F3N6O2. The highest BCUT2D eigenvalue weighted by Crippen LogP contribution is 2.29. The van der Waals surface area contributed by atoms with Gasteiger partial charge in [0.15, 0.2) is 0 Å². The lowest BCUT2D eigenvalue weighted by atomic mass is 10.2. The maximum absolute atomic E-state index is 12.3. The van der Waals surface area contributed by atoms with Crippen LogP contribution in [0.1, 0.15) is 18.3 Å². The molecule has 0 bridgehead atoms. The number of nitrogens with zero attached hydrogens (tertiary/aromatic N) is 5. The van der Waals surface area contributed by atoms with Crippen LogP contribution in [-0.4, -0.2) is 58.8 Å². The third-order valence-corrected chi connectivity index (χ3v) is 5.78. The van der Waals surface area contributed by atoms with Crippen LogP contribution in [0.5, 0.6) is 11.5 Å².